The van der Waals surface area contributed by atoms with E-state index in [1.807, 2.05) is 53.9 Å². The fourth-order valence-corrected chi connectivity index (χ4v) is 3.08. The van der Waals surface area contributed by atoms with Crippen LogP contribution in [-0.2, 0) is 6.42 Å². The largest absolute Gasteiger partial charge is 0.496 e. The summed E-state index contributed by atoms with van der Waals surface area (Å²) < 4.78 is 5.36. The van der Waals surface area contributed by atoms with Crippen LogP contribution in [0.3, 0.4) is 0 Å². The molecule has 1 aromatic heterocycles. The van der Waals surface area contributed by atoms with Crippen LogP contribution in [0.5, 0.6) is 5.75 Å². The Labute approximate surface area is 145 Å². The maximum Gasteiger partial charge on any atom is 0.257 e. The van der Waals surface area contributed by atoms with Gasteiger partial charge < -0.3 is 4.74 Å². The van der Waals surface area contributed by atoms with Crippen LogP contribution in [0.2, 0.25) is 0 Å². The molecule has 0 bridgehead atoms. The molecule has 0 fully saturated rings. The molecule has 4 nitrogen and oxygen atoms in total. The number of ether oxygens (including phenoxy) is 1. The van der Waals surface area contributed by atoms with E-state index in [2.05, 4.69) is 17.2 Å². The van der Waals surface area contributed by atoms with Crippen LogP contribution in [0.1, 0.15) is 22.8 Å². The van der Waals surface area contributed by atoms with Crippen LogP contribution < -0.4 is 10.1 Å². The number of aromatic nitrogens is 1. The third-order valence-electron chi connectivity index (χ3n) is 3.73. The van der Waals surface area contributed by atoms with Gasteiger partial charge in [0.05, 0.1) is 12.8 Å². The van der Waals surface area contributed by atoms with Crippen LogP contribution in [0.4, 0.5) is 5.13 Å². The number of benzene rings is 2. The zero-order valence-corrected chi connectivity index (χ0v) is 14.4. The number of nitrogens with one attached hydrogen (secondary N) is 1. The summed E-state index contributed by atoms with van der Waals surface area (Å²) in [4.78, 5) is 16.8. The number of para-hydroxylation sites is 1. The molecule has 24 heavy (non-hydrogen) atoms. The quantitative estimate of drug-likeness (QED) is 0.738. The molecule has 5 heteroatoms. The Morgan fingerprint density at radius 2 is 1.92 bits per heavy atom. The van der Waals surface area contributed by atoms with Crippen LogP contribution in [0.15, 0.2) is 53.9 Å². The number of anilines is 1. The molecule has 0 aliphatic carbocycles. The number of nitrogens with zero attached hydrogens (tertiary/aromatic N) is 1. The van der Waals surface area contributed by atoms with Gasteiger partial charge in [0.2, 0.25) is 0 Å². The molecule has 0 saturated heterocycles. The van der Waals surface area contributed by atoms with E-state index in [0.29, 0.717) is 10.7 Å². The van der Waals surface area contributed by atoms with Gasteiger partial charge in [-0.15, -0.1) is 11.3 Å². The molecule has 0 atom stereocenters. The van der Waals surface area contributed by atoms with Gasteiger partial charge in [0.15, 0.2) is 5.13 Å². The van der Waals surface area contributed by atoms with Gasteiger partial charge in [-0.3, -0.25) is 10.1 Å². The van der Waals surface area contributed by atoms with E-state index in [1.165, 1.54) is 16.9 Å². The summed E-state index contributed by atoms with van der Waals surface area (Å²) in [5, 5.41) is 5.33. The highest BCUT2D eigenvalue weighted by Gasteiger charge is 2.12. The number of thiazole rings is 1. The maximum absolute atomic E-state index is 12.3. The van der Waals surface area contributed by atoms with Gasteiger partial charge in [-0.1, -0.05) is 31.2 Å². The van der Waals surface area contributed by atoms with E-state index in [-0.39, 0.29) is 5.91 Å². The summed E-state index contributed by atoms with van der Waals surface area (Å²) in [5.74, 6) is 0.606. The van der Waals surface area contributed by atoms with E-state index < -0.39 is 0 Å². The molecular weight excluding hydrogens is 320 g/mol. The molecule has 3 rings (SSSR count). The van der Waals surface area contributed by atoms with Crippen LogP contribution in [0.25, 0.3) is 11.3 Å². The number of hydrogen-bond acceptors (Lipinski definition) is 4. The van der Waals surface area contributed by atoms with Crippen LogP contribution in [0, 0.1) is 0 Å². The second-order valence-electron chi connectivity index (χ2n) is 5.24. The Kier molecular flexibility index (Phi) is 4.91. The molecule has 1 N–H and O–H groups in total. The number of amides is 1. The minimum absolute atomic E-state index is 0.154. The molecule has 0 aliphatic rings. The SMILES string of the molecule is CCc1ccc(C(=O)Nc2nc(-c3ccccc3OC)cs2)cc1. The van der Waals surface area contributed by atoms with Gasteiger partial charge >= 0.3 is 0 Å². The Balaban J connectivity index is 1.77. The zero-order valence-electron chi connectivity index (χ0n) is 13.6. The number of carbonyl (C=O) groups excluding carboxylic acids is 1. The van der Waals surface area contributed by atoms with Crippen molar-refractivity contribution in [2.75, 3.05) is 12.4 Å². The third-order valence-corrected chi connectivity index (χ3v) is 4.49. The van der Waals surface area contributed by atoms with Crippen molar-refractivity contribution in [2.24, 2.45) is 0 Å². The van der Waals surface area contributed by atoms with Crippen LogP contribution >= 0.6 is 11.3 Å². The fraction of sp³-hybridized carbons (Fsp3) is 0.158. The number of carbonyl (C=O) groups is 1. The number of hydrogen-bond donors (Lipinski definition) is 1. The predicted molar refractivity (Wildman–Crippen MR) is 97.9 cm³/mol. The molecule has 0 aliphatic heterocycles. The molecule has 0 unspecified atom stereocenters. The average Bonchev–Trinajstić information content (AvgIpc) is 3.10. The fourth-order valence-electron chi connectivity index (χ4n) is 2.37. The van der Waals surface area contributed by atoms with Gasteiger partial charge in [0.25, 0.3) is 5.91 Å². The standard InChI is InChI=1S/C19H18N2O2S/c1-3-13-8-10-14(11-9-13)18(22)21-19-20-16(12-24-19)15-6-4-5-7-17(15)23-2/h4-12H,3H2,1-2H3,(H,20,21,22). The van der Waals surface area contributed by atoms with E-state index in [9.17, 15) is 4.79 Å². The molecule has 1 amide bonds. The van der Waals surface area contributed by atoms with Crippen molar-refractivity contribution in [3.05, 3.63) is 65.0 Å². The van der Waals surface area contributed by atoms with Gasteiger partial charge in [0.1, 0.15) is 5.75 Å². The van der Waals surface area contributed by atoms with Gasteiger partial charge in [-0.2, -0.15) is 0 Å². The normalized spacial score (nSPS) is 10.4. The minimum atomic E-state index is -0.154. The lowest BCUT2D eigenvalue weighted by Gasteiger charge is -2.05. The highest BCUT2D eigenvalue weighted by molar-refractivity contribution is 7.14. The molecule has 2 aromatic carbocycles. The van der Waals surface area contributed by atoms with Crippen molar-refractivity contribution in [1.29, 1.82) is 0 Å². The summed E-state index contributed by atoms with van der Waals surface area (Å²) in [5.41, 5.74) is 3.53. The first kappa shape index (κ1) is 16.2. The predicted octanol–water partition coefficient (Wildman–Crippen LogP) is 4.63. The zero-order chi connectivity index (χ0) is 16.9. The molecule has 1 heterocycles. The molecule has 0 spiro atoms. The average molecular weight is 338 g/mol. The topological polar surface area (TPSA) is 51.2 Å². The summed E-state index contributed by atoms with van der Waals surface area (Å²) >= 11 is 1.40. The van der Waals surface area contributed by atoms with E-state index in [0.717, 1.165) is 23.4 Å². The highest BCUT2D eigenvalue weighted by Crippen LogP contribution is 2.31. The highest BCUT2D eigenvalue weighted by atomic mass is 32.1. The van der Waals surface area contributed by atoms with Crippen molar-refractivity contribution in [3.63, 3.8) is 0 Å². The Hall–Kier alpha value is -2.66. The summed E-state index contributed by atoms with van der Waals surface area (Å²) in [6.45, 7) is 2.09. The Morgan fingerprint density at radius 3 is 2.62 bits per heavy atom. The number of methoxy groups -OCH3 is 1. The molecule has 0 radical (unpaired) electrons. The van der Waals surface area contributed by atoms with Crippen molar-refractivity contribution in [2.45, 2.75) is 13.3 Å². The molecule has 122 valence electrons. The van der Waals surface area contributed by atoms with Crippen molar-refractivity contribution in [3.8, 4) is 17.0 Å². The number of aryl methyl sites for hydroxylation is 1. The first-order chi connectivity index (χ1) is 11.7. The lowest BCUT2D eigenvalue weighted by atomic mass is 10.1. The second-order valence-corrected chi connectivity index (χ2v) is 6.10. The summed E-state index contributed by atoms with van der Waals surface area (Å²) in [7, 11) is 1.63. The smallest absolute Gasteiger partial charge is 0.257 e. The van der Waals surface area contributed by atoms with E-state index in [1.54, 1.807) is 7.11 Å². The summed E-state index contributed by atoms with van der Waals surface area (Å²) in [6.07, 6.45) is 0.955. The van der Waals surface area contributed by atoms with Gasteiger partial charge in [0, 0.05) is 16.5 Å². The van der Waals surface area contributed by atoms with Crippen molar-refractivity contribution in [1.82, 2.24) is 4.98 Å². The van der Waals surface area contributed by atoms with E-state index in [4.69, 9.17) is 4.74 Å². The van der Waals surface area contributed by atoms with Crippen LogP contribution in [-0.4, -0.2) is 18.0 Å². The Morgan fingerprint density at radius 1 is 1.17 bits per heavy atom. The minimum Gasteiger partial charge on any atom is -0.496 e. The molecule has 3 aromatic rings. The lowest BCUT2D eigenvalue weighted by molar-refractivity contribution is 0.102. The Bertz CT molecular complexity index is 841. The third kappa shape index (κ3) is 3.46. The van der Waals surface area contributed by atoms with Gasteiger partial charge in [-0.25, -0.2) is 4.98 Å². The second kappa shape index (κ2) is 7.27. The lowest BCUT2D eigenvalue weighted by Crippen LogP contribution is -2.11. The maximum atomic E-state index is 12.3. The monoisotopic (exact) mass is 338 g/mol. The molecular formula is C19H18N2O2S. The first-order valence-corrected chi connectivity index (χ1v) is 8.58. The van der Waals surface area contributed by atoms with Crippen molar-refractivity contribution >= 4 is 22.4 Å². The number of rotatable bonds is 5. The van der Waals surface area contributed by atoms with Crippen molar-refractivity contribution < 1.29 is 9.53 Å². The molecule has 0 saturated carbocycles. The summed E-state index contributed by atoms with van der Waals surface area (Å²) in [6, 6.07) is 15.3. The van der Waals surface area contributed by atoms with E-state index >= 15 is 0 Å². The first-order valence-electron chi connectivity index (χ1n) is 7.70. The van der Waals surface area contributed by atoms with Gasteiger partial charge in [-0.05, 0) is 36.2 Å².